The third-order valence-corrected chi connectivity index (χ3v) is 5.96. The summed E-state index contributed by atoms with van der Waals surface area (Å²) in [6.07, 6.45) is -2.78. The number of anilines is 1. The van der Waals surface area contributed by atoms with Crippen LogP contribution in [0, 0.1) is 0 Å². The SMILES string of the molecule is COc1ccc(N2CCC(NC(=O)c3ccccc3-c3ccc(C(F)(F)F)cc3)CC2)cc1. The van der Waals surface area contributed by atoms with Crippen LogP contribution in [-0.4, -0.2) is 32.1 Å². The summed E-state index contributed by atoms with van der Waals surface area (Å²) in [6.45, 7) is 1.63. The Balaban J connectivity index is 1.41. The molecule has 1 saturated heterocycles. The van der Waals surface area contributed by atoms with E-state index in [1.54, 1.807) is 31.4 Å². The van der Waals surface area contributed by atoms with Crippen LogP contribution in [0.3, 0.4) is 0 Å². The third kappa shape index (κ3) is 5.30. The van der Waals surface area contributed by atoms with Gasteiger partial charge >= 0.3 is 6.18 Å². The van der Waals surface area contributed by atoms with Crippen LogP contribution in [0.4, 0.5) is 18.9 Å². The Morgan fingerprint density at radius 1 is 0.939 bits per heavy atom. The minimum absolute atomic E-state index is 0.0349. The molecule has 1 heterocycles. The maximum atomic E-state index is 13.0. The van der Waals surface area contributed by atoms with Gasteiger partial charge in [0.1, 0.15) is 5.75 Å². The number of hydrogen-bond acceptors (Lipinski definition) is 3. The van der Waals surface area contributed by atoms with E-state index >= 15 is 0 Å². The number of piperidine rings is 1. The van der Waals surface area contributed by atoms with Gasteiger partial charge < -0.3 is 15.0 Å². The van der Waals surface area contributed by atoms with Gasteiger partial charge in [-0.2, -0.15) is 13.2 Å². The van der Waals surface area contributed by atoms with Crippen molar-refractivity contribution in [3.63, 3.8) is 0 Å². The maximum Gasteiger partial charge on any atom is 0.416 e. The lowest BCUT2D eigenvalue weighted by Gasteiger charge is -2.34. The van der Waals surface area contributed by atoms with Gasteiger partial charge in [-0.3, -0.25) is 4.79 Å². The first-order valence-corrected chi connectivity index (χ1v) is 10.8. The predicted octanol–water partition coefficient (Wildman–Crippen LogP) is 5.78. The summed E-state index contributed by atoms with van der Waals surface area (Å²) in [5.74, 6) is 0.598. The topological polar surface area (TPSA) is 41.6 Å². The highest BCUT2D eigenvalue weighted by Gasteiger charge is 2.30. The monoisotopic (exact) mass is 454 g/mol. The first kappa shape index (κ1) is 22.7. The third-order valence-electron chi connectivity index (χ3n) is 5.96. The highest BCUT2D eigenvalue weighted by molar-refractivity contribution is 6.01. The van der Waals surface area contributed by atoms with Crippen LogP contribution in [0.15, 0.2) is 72.8 Å². The van der Waals surface area contributed by atoms with E-state index in [0.717, 1.165) is 49.5 Å². The molecule has 0 bridgehead atoms. The van der Waals surface area contributed by atoms with Gasteiger partial charge in [-0.05, 0) is 66.4 Å². The molecule has 0 aromatic heterocycles. The van der Waals surface area contributed by atoms with E-state index in [-0.39, 0.29) is 11.9 Å². The minimum atomic E-state index is -4.39. The Kier molecular flexibility index (Phi) is 6.58. The molecule has 0 saturated carbocycles. The van der Waals surface area contributed by atoms with Crippen LogP contribution in [0.5, 0.6) is 5.75 Å². The summed E-state index contributed by atoms with van der Waals surface area (Å²) >= 11 is 0. The zero-order valence-electron chi connectivity index (χ0n) is 18.2. The van der Waals surface area contributed by atoms with Gasteiger partial charge in [0.05, 0.1) is 12.7 Å². The molecule has 1 aliphatic rings. The number of nitrogens with one attached hydrogen (secondary N) is 1. The van der Waals surface area contributed by atoms with E-state index in [4.69, 9.17) is 4.74 Å². The number of rotatable bonds is 5. The summed E-state index contributed by atoms with van der Waals surface area (Å²) in [5, 5.41) is 3.11. The van der Waals surface area contributed by atoms with Crippen molar-refractivity contribution in [3.05, 3.63) is 83.9 Å². The molecule has 172 valence electrons. The first-order chi connectivity index (χ1) is 15.8. The fourth-order valence-corrected chi connectivity index (χ4v) is 4.11. The Morgan fingerprint density at radius 3 is 2.18 bits per heavy atom. The quantitative estimate of drug-likeness (QED) is 0.531. The average Bonchev–Trinajstić information content (AvgIpc) is 2.84. The average molecular weight is 454 g/mol. The number of halogens is 3. The summed E-state index contributed by atoms with van der Waals surface area (Å²) in [5.41, 5.74) is 2.04. The molecule has 4 rings (SSSR count). The van der Waals surface area contributed by atoms with E-state index < -0.39 is 11.7 Å². The number of carbonyl (C=O) groups excluding carboxylic acids is 1. The molecule has 3 aromatic carbocycles. The zero-order chi connectivity index (χ0) is 23.4. The Morgan fingerprint density at radius 2 is 1.58 bits per heavy atom. The lowest BCUT2D eigenvalue weighted by Crippen LogP contribution is -2.44. The molecule has 0 radical (unpaired) electrons. The molecule has 1 N–H and O–H groups in total. The van der Waals surface area contributed by atoms with E-state index in [9.17, 15) is 18.0 Å². The van der Waals surface area contributed by atoms with E-state index in [0.29, 0.717) is 16.7 Å². The summed E-state index contributed by atoms with van der Waals surface area (Å²) in [6, 6.07) is 19.8. The normalized spacial score (nSPS) is 14.7. The molecule has 0 aliphatic carbocycles. The van der Waals surface area contributed by atoms with Gasteiger partial charge in [-0.25, -0.2) is 0 Å². The van der Waals surface area contributed by atoms with Crippen molar-refractivity contribution in [3.8, 4) is 16.9 Å². The Bertz CT molecular complexity index is 1090. The number of amides is 1. The predicted molar refractivity (Wildman–Crippen MR) is 123 cm³/mol. The smallest absolute Gasteiger partial charge is 0.416 e. The second-order valence-corrected chi connectivity index (χ2v) is 8.05. The highest BCUT2D eigenvalue weighted by Crippen LogP contribution is 2.32. The first-order valence-electron chi connectivity index (χ1n) is 10.8. The van der Waals surface area contributed by atoms with Crippen molar-refractivity contribution in [2.24, 2.45) is 0 Å². The molecule has 1 amide bonds. The standard InChI is InChI=1S/C26H25F3N2O2/c1-33-22-12-10-21(11-13-22)31-16-14-20(15-17-31)30-25(32)24-5-3-2-4-23(24)18-6-8-19(9-7-18)26(27,28)29/h2-13,20H,14-17H2,1H3,(H,30,32). The van der Waals surface area contributed by atoms with Gasteiger partial charge in [0, 0.05) is 30.4 Å². The summed E-state index contributed by atoms with van der Waals surface area (Å²) in [7, 11) is 1.64. The summed E-state index contributed by atoms with van der Waals surface area (Å²) < 4.78 is 43.9. The molecule has 0 atom stereocenters. The number of benzene rings is 3. The van der Waals surface area contributed by atoms with Gasteiger partial charge in [-0.1, -0.05) is 30.3 Å². The second-order valence-electron chi connectivity index (χ2n) is 8.05. The second kappa shape index (κ2) is 9.57. The number of alkyl halides is 3. The van der Waals surface area contributed by atoms with Gasteiger partial charge in [0.25, 0.3) is 5.91 Å². The molecule has 1 fully saturated rings. The van der Waals surface area contributed by atoms with E-state index in [1.807, 2.05) is 24.3 Å². The molecule has 4 nitrogen and oxygen atoms in total. The van der Waals surface area contributed by atoms with Crippen LogP contribution in [0.1, 0.15) is 28.8 Å². The fourth-order valence-electron chi connectivity index (χ4n) is 4.11. The largest absolute Gasteiger partial charge is 0.497 e. The van der Waals surface area contributed by atoms with Crippen LogP contribution in [-0.2, 0) is 6.18 Å². The lowest BCUT2D eigenvalue weighted by molar-refractivity contribution is -0.137. The van der Waals surface area contributed by atoms with E-state index in [2.05, 4.69) is 10.2 Å². The molecular formula is C26H25F3N2O2. The van der Waals surface area contributed by atoms with Crippen LogP contribution >= 0.6 is 0 Å². The maximum absolute atomic E-state index is 13.0. The highest BCUT2D eigenvalue weighted by atomic mass is 19.4. The summed E-state index contributed by atoms with van der Waals surface area (Å²) in [4.78, 5) is 15.3. The zero-order valence-corrected chi connectivity index (χ0v) is 18.2. The van der Waals surface area contributed by atoms with Crippen molar-refractivity contribution >= 4 is 11.6 Å². The molecule has 0 spiro atoms. The number of nitrogens with zero attached hydrogens (tertiary/aromatic N) is 1. The van der Waals surface area contributed by atoms with Crippen molar-refractivity contribution in [2.75, 3.05) is 25.1 Å². The molecule has 7 heteroatoms. The van der Waals surface area contributed by atoms with E-state index in [1.165, 1.54) is 12.1 Å². The van der Waals surface area contributed by atoms with Crippen LogP contribution < -0.4 is 15.0 Å². The molecule has 0 unspecified atom stereocenters. The van der Waals surface area contributed by atoms with Crippen molar-refractivity contribution in [1.29, 1.82) is 0 Å². The Labute approximate surface area is 191 Å². The molecule has 33 heavy (non-hydrogen) atoms. The molecule has 3 aromatic rings. The fraction of sp³-hybridized carbons (Fsp3) is 0.269. The minimum Gasteiger partial charge on any atom is -0.497 e. The number of carbonyl (C=O) groups is 1. The lowest BCUT2D eigenvalue weighted by atomic mass is 9.97. The number of ether oxygens (including phenoxy) is 1. The number of hydrogen-bond donors (Lipinski definition) is 1. The van der Waals surface area contributed by atoms with Crippen molar-refractivity contribution in [1.82, 2.24) is 5.32 Å². The molecule has 1 aliphatic heterocycles. The molecular weight excluding hydrogens is 429 g/mol. The van der Waals surface area contributed by atoms with Gasteiger partial charge in [0.2, 0.25) is 0 Å². The number of methoxy groups -OCH3 is 1. The van der Waals surface area contributed by atoms with Gasteiger partial charge in [-0.15, -0.1) is 0 Å². The van der Waals surface area contributed by atoms with Crippen molar-refractivity contribution in [2.45, 2.75) is 25.1 Å². The van der Waals surface area contributed by atoms with Crippen LogP contribution in [0.2, 0.25) is 0 Å². The van der Waals surface area contributed by atoms with Crippen molar-refractivity contribution < 1.29 is 22.7 Å². The van der Waals surface area contributed by atoms with Crippen LogP contribution in [0.25, 0.3) is 11.1 Å². The van der Waals surface area contributed by atoms with Gasteiger partial charge in [0.15, 0.2) is 0 Å². The Hall–Kier alpha value is -3.48.